The van der Waals surface area contributed by atoms with E-state index in [9.17, 15) is 0 Å². The molecular weight excluding hydrogens is 176 g/mol. The van der Waals surface area contributed by atoms with Crippen LogP contribution in [0.4, 0.5) is 0 Å². The van der Waals surface area contributed by atoms with Crippen LogP contribution in [-0.4, -0.2) is 20.3 Å². The van der Waals surface area contributed by atoms with Gasteiger partial charge in [0.05, 0.1) is 0 Å². The van der Waals surface area contributed by atoms with Crippen molar-refractivity contribution < 1.29 is 4.43 Å². The van der Waals surface area contributed by atoms with Crippen LogP contribution in [0.15, 0.2) is 0 Å². The van der Waals surface area contributed by atoms with Crippen molar-refractivity contribution in [2.45, 2.75) is 44.8 Å². The van der Waals surface area contributed by atoms with Gasteiger partial charge in [0.1, 0.15) is 0 Å². The molecule has 0 spiro atoms. The molecule has 0 aliphatic carbocycles. The Hall–Kier alpha value is 0.467. The predicted octanol–water partition coefficient (Wildman–Crippen LogP) is 3.25. The molecule has 0 saturated heterocycles. The molecule has 0 aromatic heterocycles. The zero-order chi connectivity index (χ0) is 8.91. The summed E-state index contributed by atoms with van der Waals surface area (Å²) in [4.78, 5) is 0. The summed E-state index contributed by atoms with van der Waals surface area (Å²) in [6.45, 7) is 9.43. The third kappa shape index (κ3) is 6.85. The van der Waals surface area contributed by atoms with Gasteiger partial charge in [0.25, 0.3) is 0 Å². The number of halogens is 1. The monoisotopic (exact) mass is 194 g/mol. The summed E-state index contributed by atoms with van der Waals surface area (Å²) >= 11 is 5.85. The molecule has 1 nitrogen and oxygen atoms in total. The van der Waals surface area contributed by atoms with Gasteiger partial charge in [0.15, 0.2) is 8.32 Å². The van der Waals surface area contributed by atoms with Gasteiger partial charge >= 0.3 is 0 Å². The maximum atomic E-state index is 5.85. The van der Waals surface area contributed by atoms with E-state index in [0.717, 1.165) is 13.0 Å². The quantitative estimate of drug-likeness (QED) is 0.483. The zero-order valence-corrected chi connectivity index (χ0v) is 9.74. The van der Waals surface area contributed by atoms with Crippen molar-refractivity contribution >= 4 is 19.9 Å². The van der Waals surface area contributed by atoms with Crippen molar-refractivity contribution in [3.63, 3.8) is 0 Å². The van der Waals surface area contributed by atoms with Crippen molar-refractivity contribution in [1.82, 2.24) is 0 Å². The summed E-state index contributed by atoms with van der Waals surface area (Å²) in [5.74, 6) is 0. The highest BCUT2D eigenvalue weighted by Gasteiger charge is 2.21. The molecule has 0 rings (SSSR count). The van der Waals surface area contributed by atoms with Crippen LogP contribution in [0.1, 0.15) is 20.3 Å². The summed E-state index contributed by atoms with van der Waals surface area (Å²) in [6.07, 6.45) is 1.08. The molecule has 11 heavy (non-hydrogen) atoms. The molecule has 1 unspecified atom stereocenters. The van der Waals surface area contributed by atoms with Crippen molar-refractivity contribution in [2.75, 3.05) is 6.61 Å². The van der Waals surface area contributed by atoms with Crippen molar-refractivity contribution in [2.24, 2.45) is 0 Å². The highest BCUT2D eigenvalue weighted by Crippen LogP contribution is 2.16. The second kappa shape index (κ2) is 5.17. The Kier molecular flexibility index (Phi) is 5.39. The first-order chi connectivity index (χ1) is 4.98. The number of alkyl halides is 1. The molecule has 68 valence electrons. The second-order valence-electron chi connectivity index (χ2n) is 3.51. The Labute approximate surface area is 76.2 Å². The fourth-order valence-electron chi connectivity index (χ4n) is 1.01. The van der Waals surface area contributed by atoms with Gasteiger partial charge in [-0.25, -0.2) is 0 Å². The topological polar surface area (TPSA) is 9.23 Å². The van der Waals surface area contributed by atoms with Gasteiger partial charge in [0.2, 0.25) is 0 Å². The first-order valence-corrected chi connectivity index (χ1v) is 7.81. The average Bonchev–Trinajstić information content (AvgIpc) is 1.84. The third-order valence-corrected chi connectivity index (χ3v) is 4.46. The lowest BCUT2D eigenvalue weighted by molar-refractivity contribution is 0.328. The SMILES string of the molecule is CCO[Si](C)(C)CCC(C)Cl. The van der Waals surface area contributed by atoms with E-state index in [4.69, 9.17) is 16.0 Å². The molecule has 0 heterocycles. The Morgan fingerprint density at radius 1 is 1.45 bits per heavy atom. The number of rotatable bonds is 5. The van der Waals surface area contributed by atoms with E-state index in [1.807, 2.05) is 6.92 Å². The molecule has 1 atom stereocenters. The number of hydrogen-bond acceptors (Lipinski definition) is 1. The standard InChI is InChI=1S/C8H19ClOSi/c1-5-10-11(3,4)7-6-8(2)9/h8H,5-7H2,1-4H3. The smallest absolute Gasteiger partial charge is 0.186 e. The zero-order valence-electron chi connectivity index (χ0n) is 7.98. The molecule has 0 saturated carbocycles. The maximum absolute atomic E-state index is 5.85. The van der Waals surface area contributed by atoms with E-state index in [1.54, 1.807) is 0 Å². The summed E-state index contributed by atoms with van der Waals surface area (Å²) in [7, 11) is -1.35. The van der Waals surface area contributed by atoms with Crippen molar-refractivity contribution in [3.8, 4) is 0 Å². The van der Waals surface area contributed by atoms with Crippen LogP contribution < -0.4 is 0 Å². The third-order valence-electron chi connectivity index (χ3n) is 1.68. The minimum Gasteiger partial charge on any atom is -0.418 e. The molecule has 0 aromatic rings. The average molecular weight is 195 g/mol. The van der Waals surface area contributed by atoms with E-state index < -0.39 is 8.32 Å². The molecule has 0 N–H and O–H groups in total. The van der Waals surface area contributed by atoms with Gasteiger partial charge < -0.3 is 4.43 Å². The van der Waals surface area contributed by atoms with Gasteiger partial charge in [-0.15, -0.1) is 11.6 Å². The van der Waals surface area contributed by atoms with Crippen molar-refractivity contribution in [1.29, 1.82) is 0 Å². The highest BCUT2D eigenvalue weighted by atomic mass is 35.5. The lowest BCUT2D eigenvalue weighted by Crippen LogP contribution is -2.30. The van der Waals surface area contributed by atoms with E-state index in [1.165, 1.54) is 6.04 Å². The van der Waals surface area contributed by atoms with Gasteiger partial charge in [-0.3, -0.25) is 0 Å². The van der Waals surface area contributed by atoms with Crippen LogP contribution in [0.2, 0.25) is 19.1 Å². The van der Waals surface area contributed by atoms with Crippen LogP contribution in [-0.2, 0) is 4.43 Å². The Bertz CT molecular complexity index is 104. The minimum atomic E-state index is -1.35. The molecular formula is C8H19ClOSi. The molecule has 0 aliphatic heterocycles. The second-order valence-corrected chi connectivity index (χ2v) is 8.57. The van der Waals surface area contributed by atoms with Crippen LogP contribution in [0.5, 0.6) is 0 Å². The molecule has 0 aromatic carbocycles. The van der Waals surface area contributed by atoms with E-state index in [0.29, 0.717) is 5.38 Å². The predicted molar refractivity (Wildman–Crippen MR) is 53.8 cm³/mol. The summed E-state index contributed by atoms with van der Waals surface area (Å²) < 4.78 is 5.66. The van der Waals surface area contributed by atoms with Gasteiger partial charge in [-0.1, -0.05) is 0 Å². The fraction of sp³-hybridized carbons (Fsp3) is 1.00. The van der Waals surface area contributed by atoms with Crippen molar-refractivity contribution in [3.05, 3.63) is 0 Å². The summed E-state index contributed by atoms with van der Waals surface area (Å²) in [5.41, 5.74) is 0. The highest BCUT2D eigenvalue weighted by molar-refractivity contribution is 6.71. The lowest BCUT2D eigenvalue weighted by atomic mass is 10.4. The molecule has 0 bridgehead atoms. The first-order valence-electron chi connectivity index (χ1n) is 4.26. The van der Waals surface area contributed by atoms with Crippen LogP contribution >= 0.6 is 11.6 Å². The molecule has 3 heteroatoms. The van der Waals surface area contributed by atoms with Crippen LogP contribution in [0.3, 0.4) is 0 Å². The molecule has 0 aliphatic rings. The number of hydrogen-bond donors (Lipinski definition) is 0. The Balaban J connectivity index is 3.54. The normalized spacial score (nSPS) is 15.0. The van der Waals surface area contributed by atoms with Crippen LogP contribution in [0.25, 0.3) is 0 Å². The van der Waals surface area contributed by atoms with Gasteiger partial charge in [-0.2, -0.15) is 0 Å². The largest absolute Gasteiger partial charge is 0.418 e. The lowest BCUT2D eigenvalue weighted by Gasteiger charge is -2.22. The molecule has 0 radical (unpaired) electrons. The van der Waals surface area contributed by atoms with Gasteiger partial charge in [-0.05, 0) is 39.4 Å². The molecule has 0 fully saturated rings. The van der Waals surface area contributed by atoms with E-state index in [-0.39, 0.29) is 0 Å². The Morgan fingerprint density at radius 2 is 2.00 bits per heavy atom. The molecule has 0 amide bonds. The van der Waals surface area contributed by atoms with E-state index >= 15 is 0 Å². The summed E-state index contributed by atoms with van der Waals surface area (Å²) in [6, 6.07) is 1.17. The van der Waals surface area contributed by atoms with E-state index in [2.05, 4.69) is 20.0 Å². The maximum Gasteiger partial charge on any atom is 0.186 e. The minimum absolute atomic E-state index is 0.294. The first kappa shape index (κ1) is 11.5. The Morgan fingerprint density at radius 3 is 2.36 bits per heavy atom. The van der Waals surface area contributed by atoms with Gasteiger partial charge in [0, 0.05) is 12.0 Å². The van der Waals surface area contributed by atoms with Crippen LogP contribution in [0, 0.1) is 0 Å². The summed E-state index contributed by atoms with van der Waals surface area (Å²) in [5, 5.41) is 0.294. The fourth-order valence-corrected chi connectivity index (χ4v) is 3.36.